The predicted molar refractivity (Wildman–Crippen MR) is 221 cm³/mol. The molecule has 15 nitrogen and oxygen atoms in total. The van der Waals surface area contributed by atoms with Crippen LogP contribution in [0.25, 0.3) is 0 Å². The third kappa shape index (κ3) is 10.9. The van der Waals surface area contributed by atoms with Crippen LogP contribution in [0.2, 0.25) is 4.34 Å². The number of hydrogen-bond donors (Lipinski definition) is 2. The molecule has 2 unspecified atom stereocenters. The van der Waals surface area contributed by atoms with Gasteiger partial charge in [-0.05, 0) is 55.4 Å². The van der Waals surface area contributed by atoms with Crippen molar-refractivity contribution in [1.82, 2.24) is 15.2 Å². The Hall–Kier alpha value is -4.40. The molecule has 2 N–H and O–H groups in total. The van der Waals surface area contributed by atoms with Crippen molar-refractivity contribution in [3.05, 3.63) is 93.1 Å². The van der Waals surface area contributed by atoms with E-state index in [1.54, 1.807) is 41.5 Å². The quantitative estimate of drug-likeness (QED) is 0.0487. The number of hydrogen-bond acceptors (Lipinski definition) is 13. The summed E-state index contributed by atoms with van der Waals surface area (Å²) in [5.41, 5.74) is -2.22. The van der Waals surface area contributed by atoms with E-state index in [0.29, 0.717) is 15.9 Å². The maximum atomic E-state index is 14.4. The van der Waals surface area contributed by atoms with E-state index in [1.165, 1.54) is 18.7 Å². The van der Waals surface area contributed by atoms with E-state index in [2.05, 4.69) is 20.8 Å². The van der Waals surface area contributed by atoms with E-state index in [-0.39, 0.29) is 47.8 Å². The summed E-state index contributed by atoms with van der Waals surface area (Å²) >= 11 is 7.31. The molecule has 3 amide bonds. The van der Waals surface area contributed by atoms with Crippen LogP contribution in [0.5, 0.6) is 0 Å². The van der Waals surface area contributed by atoms with Crippen molar-refractivity contribution in [1.29, 1.82) is 0 Å². The topological polar surface area (TPSA) is 192 Å². The minimum atomic E-state index is -1.74. The number of nitrogens with one attached hydrogen (secondary N) is 2. The SMILES string of the molecule is CC(C)(C)OC(=O)Nc1nc(/C(=N/OC(C)(C)C(=O)OC(C)(C)C)C(=O)N[C@@H]2C(=O)N3C(C(=O)OC(c4ccccc4)c4ccccc4)=C(CC4C[I-]4)CS(=O)[C@H]23)c(Cl)s1. The van der Waals surface area contributed by atoms with E-state index < -0.39 is 80.7 Å². The number of alkyl halides is 2. The Labute approximate surface area is 369 Å². The van der Waals surface area contributed by atoms with Gasteiger partial charge in [0.25, 0.3) is 0 Å². The van der Waals surface area contributed by atoms with Gasteiger partial charge in [-0.2, -0.15) is 0 Å². The summed E-state index contributed by atoms with van der Waals surface area (Å²) in [6, 6.07) is 17.1. The van der Waals surface area contributed by atoms with Crippen molar-refractivity contribution in [3.8, 4) is 0 Å². The van der Waals surface area contributed by atoms with Gasteiger partial charge in [0.15, 0.2) is 5.13 Å². The summed E-state index contributed by atoms with van der Waals surface area (Å²) in [7, 11) is -1.74. The molecule has 4 atom stereocenters. The fourth-order valence-electron chi connectivity index (χ4n) is 6.08. The molecule has 1 aromatic heterocycles. The molecule has 0 bridgehead atoms. The number of ether oxygens (including phenoxy) is 3. The number of esters is 2. The van der Waals surface area contributed by atoms with Crippen LogP contribution >= 0.6 is 22.9 Å². The molecule has 3 aliphatic rings. The molecule has 3 aliphatic heterocycles. The van der Waals surface area contributed by atoms with Gasteiger partial charge in [0.05, 0.1) is 0 Å². The molecule has 2 aromatic carbocycles. The van der Waals surface area contributed by atoms with Gasteiger partial charge in [-0.25, -0.2) is 9.59 Å². The van der Waals surface area contributed by atoms with Crippen LogP contribution in [0.4, 0.5) is 9.93 Å². The Morgan fingerprint density at radius 2 is 1.55 bits per heavy atom. The standard InChI is InChI=1S/C41H46ClIN5O10S2/c1-39(2,3)56-36(52)41(7,8)58-47-27(26-31(42)59-37(45-26)46-38(53)57-40(4,5)6)32(49)44-28-33(50)48-29(24(19-25-20-43-25)21-60(54)34(28)48)35(51)55-30(22-15-11-9-12-16-22)23-17-13-10-14-18-23/h9-18,25,28,30,34H,19-21H2,1-8H3,(H,44,49)(H,45,46,53)/q-1/b47-27-/t25?,28-,34-,60?/m1/s1. The van der Waals surface area contributed by atoms with Crippen LogP contribution in [0, 0.1) is 0 Å². The van der Waals surface area contributed by atoms with Gasteiger partial charge in [-0.3, -0.25) is 5.32 Å². The first-order chi connectivity index (χ1) is 28.1. The van der Waals surface area contributed by atoms with Crippen LogP contribution in [0.1, 0.15) is 84.7 Å². The molecule has 3 aromatic rings. The third-order valence-electron chi connectivity index (χ3n) is 8.84. The second-order valence-corrected chi connectivity index (χ2v) is 23.2. The van der Waals surface area contributed by atoms with E-state index in [9.17, 15) is 28.2 Å². The van der Waals surface area contributed by atoms with Crippen LogP contribution < -0.4 is 31.8 Å². The summed E-state index contributed by atoms with van der Waals surface area (Å²) in [6.07, 6.45) is -1.13. The van der Waals surface area contributed by atoms with Crippen LogP contribution in [-0.4, -0.2) is 92.0 Å². The number of anilines is 1. The molecule has 0 spiro atoms. The smallest absolute Gasteiger partial charge is 0.0838 e. The first kappa shape index (κ1) is 45.1. The maximum absolute atomic E-state index is 14.4. The fourth-order valence-corrected chi connectivity index (χ4v) is 10.3. The Morgan fingerprint density at radius 1 is 0.967 bits per heavy atom. The molecule has 6 rings (SSSR count). The van der Waals surface area contributed by atoms with E-state index >= 15 is 0 Å². The number of halogens is 2. The molecule has 2 fully saturated rings. The second-order valence-electron chi connectivity index (χ2n) is 16.6. The molecule has 322 valence electrons. The van der Waals surface area contributed by atoms with E-state index in [4.69, 9.17) is 30.6 Å². The van der Waals surface area contributed by atoms with Gasteiger partial charge < -0.3 is 9.47 Å². The molecule has 0 aliphatic carbocycles. The monoisotopic (exact) mass is 994 g/mol. The average molecular weight is 995 g/mol. The first-order valence-electron chi connectivity index (χ1n) is 18.9. The van der Waals surface area contributed by atoms with Gasteiger partial charge in [0, 0.05) is 0 Å². The number of rotatable bonds is 13. The number of fused-ring (bicyclic) bond motifs is 1. The fraction of sp³-hybridized carbons (Fsp3) is 0.439. The second kappa shape index (κ2) is 17.9. The summed E-state index contributed by atoms with van der Waals surface area (Å²) in [5, 5.41) is 7.89. The minimum Gasteiger partial charge on any atom is -0.0838 e. The van der Waals surface area contributed by atoms with Gasteiger partial charge >= 0.3 is 247 Å². The van der Waals surface area contributed by atoms with Gasteiger partial charge in [0.2, 0.25) is 5.60 Å². The zero-order valence-corrected chi connectivity index (χ0v) is 38.7. The van der Waals surface area contributed by atoms with E-state index in [0.717, 1.165) is 26.9 Å². The zero-order valence-electron chi connectivity index (χ0n) is 34.2. The van der Waals surface area contributed by atoms with Crippen LogP contribution in [-0.2, 0) is 49.0 Å². The van der Waals surface area contributed by atoms with Crippen molar-refractivity contribution >= 4 is 74.4 Å². The molecular weight excluding hydrogens is 949 g/mol. The number of benzene rings is 2. The number of β-lactam (4-membered cyclic amide) rings is 1. The third-order valence-corrected chi connectivity index (χ3v) is 14.2. The summed E-state index contributed by atoms with van der Waals surface area (Å²) < 4.78 is 32.3. The van der Waals surface area contributed by atoms with Gasteiger partial charge in [-0.15, -0.1) is 0 Å². The molecule has 19 heteroatoms. The normalized spacial score (nSPS) is 20.6. The number of thiazole rings is 1. The van der Waals surface area contributed by atoms with Crippen LogP contribution in [0.15, 0.2) is 77.1 Å². The molecular formula is C41H46ClIN5O10S2-. The summed E-state index contributed by atoms with van der Waals surface area (Å²) in [6.45, 7) is 12.8. The van der Waals surface area contributed by atoms with Crippen LogP contribution in [0.3, 0.4) is 0 Å². The zero-order chi connectivity index (χ0) is 43.7. The van der Waals surface area contributed by atoms with Crippen molar-refractivity contribution in [2.75, 3.05) is 15.5 Å². The van der Waals surface area contributed by atoms with Gasteiger partial charge in [-0.1, -0.05) is 22.9 Å². The Kier molecular flexibility index (Phi) is 13.5. The van der Waals surface area contributed by atoms with Crippen molar-refractivity contribution in [2.24, 2.45) is 5.16 Å². The summed E-state index contributed by atoms with van der Waals surface area (Å²) in [4.78, 5) is 79.5. The van der Waals surface area contributed by atoms with Crippen molar-refractivity contribution < 1.29 is 68.4 Å². The van der Waals surface area contributed by atoms with E-state index in [1.807, 2.05) is 60.7 Å². The number of carbonyl (C=O) groups excluding carboxylic acids is 5. The molecule has 2 saturated heterocycles. The predicted octanol–water partition coefficient (Wildman–Crippen LogP) is 2.85. The molecule has 0 radical (unpaired) electrons. The number of nitrogens with zero attached hydrogens (tertiary/aromatic N) is 3. The Balaban J connectivity index is 1.30. The Morgan fingerprint density at radius 3 is 2.10 bits per heavy atom. The Bertz CT molecular complexity index is 2210. The number of amides is 3. The average Bonchev–Trinajstić information content (AvgIpc) is 3.91. The van der Waals surface area contributed by atoms with Gasteiger partial charge in [0.1, 0.15) is 11.2 Å². The first-order valence-corrected chi connectivity index (χ1v) is 24.2. The number of aromatic nitrogens is 1. The number of carbonyl (C=O) groups is 5. The molecule has 0 saturated carbocycles. The number of oxime groups is 1. The molecule has 4 heterocycles. The van der Waals surface area contributed by atoms with Crippen molar-refractivity contribution in [3.63, 3.8) is 0 Å². The molecule has 60 heavy (non-hydrogen) atoms. The summed E-state index contributed by atoms with van der Waals surface area (Å²) in [5.74, 6) is -3.27. The van der Waals surface area contributed by atoms with Crippen molar-refractivity contribution in [2.45, 2.75) is 100 Å². The minimum absolute atomic E-state index is 0.00141.